The fraction of sp³-hybridized carbons (Fsp3) is 0.486. The van der Waals surface area contributed by atoms with Crippen LogP contribution in [-0.2, 0) is 42.5 Å². The smallest absolute Gasteiger partial charge is 0.236 e. The number of sulfonamides is 2. The first-order valence-electron chi connectivity index (χ1n) is 51.6. The van der Waals surface area contributed by atoms with Gasteiger partial charge in [0.1, 0.15) is 55.0 Å². The summed E-state index contributed by atoms with van der Waals surface area (Å²) in [5.41, 5.74) is 13.4. The van der Waals surface area contributed by atoms with Crippen LogP contribution in [0.1, 0.15) is 231 Å². The SMILES string of the molecule is CCCC(=O)N1CCC(c2cc(F)c(Nc3ncc(Cl)c(Nc4cc(C)[nH]n4)n3)cc2C)CC1.CCN(CC)CC(=O)N1CCC(c2cc(F)c(Cc3ncc(Cl)c(Nc4cc(C)[nH]n4)n3)cc2C)CC1.Cc1cc(Nc2nc(Cc3cc(C)c(C4CCN(CCCS(=O)(=O)N5CCCC5)CC4)cc3F)ncc2Cl)n[nH]1.Cc1cc(Nc2nc(Nc3cc(C)c(C4CCN(CCCS(=O)(=O)N5CCC5)CC4)cc3F)ncc2Cl)n[nH]1. The number of piperidine rings is 4. The summed E-state index contributed by atoms with van der Waals surface area (Å²) < 4.78 is 114. The molecule has 0 radical (unpaired) electrons. The Morgan fingerprint density at radius 3 is 1.02 bits per heavy atom. The van der Waals surface area contributed by atoms with Crippen molar-refractivity contribution < 1.29 is 44.0 Å². The molecule has 6 saturated heterocycles. The quantitative estimate of drug-likeness (QED) is 0.0163. The van der Waals surface area contributed by atoms with Crippen molar-refractivity contribution in [1.82, 2.24) is 114 Å². The standard InChI is InChI=1S/C28H37ClFN7O2S.C27H35ClFN7O.C26H34ClFN8O2S.C24H29ClFN7O/c1-19-14-22(16-26-31-18-24(29)28(32-26)33-27-15-20(2)34-35-27)25(30)17-23(19)21-6-11-36(12-7-21)8-5-13-40(38,39)37-9-3-4-10-37;1-5-35(6-2)16-26(37)36-9-7-19(8-10-36)21-14-23(29)20(11-17(21)3)13-24-30-15-22(28)27(31-24)32-25-12-18(4)33-34-25;1-17-13-23(30-26-29-16-21(27)25(32-26)31-24-14-18(2)33-34-24)22(28)15-20(17)19-5-10-35(11-6-19)7-4-12-39(37,38)36-8-3-9-36;1-4-5-22(34)33-8-6-16(7-9-33)17-12-19(26)20(10-14(17)2)28-24-27-13-18(25)23(30-24)29-21-11-15(3)31-32-21/h14-15,17-18,21H,3-13,16H2,1-2H3,(H2,31,32,33,34,35);11-12,14-15,19H,5-10,13,16H2,1-4H3,(H2,30,31,32,33,34);13-16,19H,3-12H2,1-2H3,(H3,29,30,31,32,33,34);10-13,16H,4-9H2,1-3H3,(H3,27,28,29,30,31,32). The maximum absolute atomic E-state index is 15.3. The van der Waals surface area contributed by atoms with Crippen LogP contribution in [0.15, 0.2) is 97.6 Å². The number of benzene rings is 4. The summed E-state index contributed by atoms with van der Waals surface area (Å²) in [7, 11) is -6.23. The van der Waals surface area contributed by atoms with Gasteiger partial charge in [-0.15, -0.1) is 0 Å². The van der Waals surface area contributed by atoms with Crippen molar-refractivity contribution in [1.29, 1.82) is 0 Å². The van der Waals surface area contributed by atoms with E-state index in [0.717, 1.165) is 197 Å². The molecule has 12 aromatic rings. The molecule has 18 rings (SSSR count). The number of hydrogen-bond donors (Lipinski definition) is 10. The van der Waals surface area contributed by atoms with E-state index >= 15 is 17.6 Å². The molecule has 0 aliphatic carbocycles. The molecule has 6 aliphatic rings. The molecule has 4 aromatic carbocycles. The number of rotatable bonds is 36. The van der Waals surface area contributed by atoms with Crippen molar-refractivity contribution in [2.24, 2.45) is 0 Å². The molecule has 2 amide bonds. The predicted molar refractivity (Wildman–Crippen MR) is 582 cm³/mol. The lowest BCUT2D eigenvalue weighted by Crippen LogP contribution is -2.43. The molecule has 6 fully saturated rings. The zero-order valence-corrected chi connectivity index (χ0v) is 91.4. The largest absolute Gasteiger partial charge is 0.343 e. The highest BCUT2D eigenvalue weighted by atomic mass is 35.5. The van der Waals surface area contributed by atoms with Gasteiger partial charge in [0, 0.05) is 119 Å². The highest BCUT2D eigenvalue weighted by Crippen LogP contribution is 2.41. The lowest BCUT2D eigenvalue weighted by atomic mass is 9.85. The molecule has 14 heterocycles. The average Bonchev–Trinajstić information content (AvgIpc) is 0.915. The second-order valence-electron chi connectivity index (χ2n) is 39.5. The number of hydrogen-bond acceptors (Lipinski definition) is 27. The van der Waals surface area contributed by atoms with Crippen molar-refractivity contribution in [3.05, 3.63) is 231 Å². The lowest BCUT2D eigenvalue weighted by Gasteiger charge is -2.34. The Hall–Kier alpha value is -11.6. The molecule has 0 unspecified atom stereocenters. The molecule has 150 heavy (non-hydrogen) atoms. The number of nitrogens with one attached hydrogen (secondary N) is 10. The van der Waals surface area contributed by atoms with Crippen LogP contribution in [0, 0.1) is 78.7 Å². The normalized spacial score (nSPS) is 15.9. The Labute approximate surface area is 894 Å². The molecule has 0 spiro atoms. The number of H-pyrrole nitrogens is 4. The van der Waals surface area contributed by atoms with E-state index in [0.29, 0.717) is 179 Å². The van der Waals surface area contributed by atoms with Gasteiger partial charge in [-0.05, 0) is 313 Å². The Morgan fingerprint density at radius 2 is 0.700 bits per heavy atom. The molecule has 10 N–H and O–H groups in total. The van der Waals surface area contributed by atoms with Crippen LogP contribution in [0.4, 0.5) is 87.4 Å². The first-order valence-corrected chi connectivity index (χ1v) is 56.3. The maximum Gasteiger partial charge on any atom is 0.236 e. The van der Waals surface area contributed by atoms with E-state index in [2.05, 4.69) is 141 Å². The third-order valence-electron chi connectivity index (χ3n) is 28.4. The van der Waals surface area contributed by atoms with Gasteiger partial charge in [0.15, 0.2) is 46.5 Å². The minimum absolute atomic E-state index is 0.180. The number of halogens is 8. The number of anilines is 12. The van der Waals surface area contributed by atoms with Crippen LogP contribution < -0.4 is 31.9 Å². The van der Waals surface area contributed by atoms with Crippen LogP contribution >= 0.6 is 46.4 Å². The van der Waals surface area contributed by atoms with Gasteiger partial charge in [0.25, 0.3) is 0 Å². The molecule has 804 valence electrons. The Morgan fingerprint density at radius 1 is 0.387 bits per heavy atom. The van der Waals surface area contributed by atoms with Crippen LogP contribution in [0.3, 0.4) is 0 Å². The number of likely N-dealkylation sites (tertiary alicyclic amines) is 4. The van der Waals surface area contributed by atoms with Gasteiger partial charge in [0.2, 0.25) is 43.8 Å². The molecular formula is C105H135Cl4F4N29O6S2. The number of aromatic amines is 4. The molecule has 45 heteroatoms. The number of nitrogens with zero attached hydrogens (tertiary/aromatic N) is 19. The van der Waals surface area contributed by atoms with E-state index in [4.69, 9.17) is 46.4 Å². The predicted octanol–water partition coefficient (Wildman–Crippen LogP) is 20.2. The lowest BCUT2D eigenvalue weighted by molar-refractivity contribution is -0.133. The van der Waals surface area contributed by atoms with Gasteiger partial charge in [-0.3, -0.25) is 34.9 Å². The summed E-state index contributed by atoms with van der Waals surface area (Å²) in [5, 5.41) is 47.4. The van der Waals surface area contributed by atoms with Crippen LogP contribution in [-0.4, -0.2) is 265 Å². The fourth-order valence-electron chi connectivity index (χ4n) is 20.0. The van der Waals surface area contributed by atoms with E-state index in [9.17, 15) is 26.4 Å². The number of aryl methyl sites for hydroxylation is 8. The summed E-state index contributed by atoms with van der Waals surface area (Å²) >= 11 is 25.0. The first kappa shape index (κ1) is 112. The molecule has 0 saturated carbocycles. The van der Waals surface area contributed by atoms with Gasteiger partial charge >= 0.3 is 0 Å². The molecule has 35 nitrogen and oxygen atoms in total. The summed E-state index contributed by atoms with van der Waals surface area (Å²) in [6.07, 6.45) is 19.1. The summed E-state index contributed by atoms with van der Waals surface area (Å²) in [6.45, 7) is 34.5. The molecular weight excluding hydrogens is 2050 g/mol. The first-order chi connectivity index (χ1) is 71.9. The third kappa shape index (κ3) is 30.5. The molecule has 0 bridgehead atoms. The maximum atomic E-state index is 15.3. The molecule has 0 atom stereocenters. The minimum atomic E-state index is -3.13. The summed E-state index contributed by atoms with van der Waals surface area (Å²) in [5.74, 6) is 5.81. The van der Waals surface area contributed by atoms with E-state index in [1.54, 1.807) is 45.0 Å². The Balaban J connectivity index is 0.000000150. The van der Waals surface area contributed by atoms with E-state index in [-0.39, 0.29) is 95.0 Å². The summed E-state index contributed by atoms with van der Waals surface area (Å²) in [6, 6.07) is 21.2. The zero-order valence-electron chi connectivity index (χ0n) is 86.8. The molecule has 6 aliphatic heterocycles. The third-order valence-corrected chi connectivity index (χ3v) is 33.4. The second-order valence-corrected chi connectivity index (χ2v) is 45.3. The number of carbonyl (C=O) groups excluding carboxylic acids is 2. The fourth-order valence-corrected chi connectivity index (χ4v) is 23.6. The van der Waals surface area contributed by atoms with Crippen molar-refractivity contribution in [3.63, 3.8) is 0 Å². The number of aromatic nitrogens is 16. The highest BCUT2D eigenvalue weighted by Gasteiger charge is 2.34. The number of amides is 2. The number of likely N-dealkylation sites (N-methyl/N-ethyl adjacent to an activating group) is 1. The highest BCUT2D eigenvalue weighted by molar-refractivity contribution is 7.89. The van der Waals surface area contributed by atoms with Crippen LogP contribution in [0.2, 0.25) is 20.1 Å². The van der Waals surface area contributed by atoms with Crippen molar-refractivity contribution >= 4 is 148 Å². The zero-order chi connectivity index (χ0) is 107. The van der Waals surface area contributed by atoms with Gasteiger partial charge in [0.05, 0.1) is 54.2 Å². The Kier molecular flexibility index (Phi) is 39.1. The van der Waals surface area contributed by atoms with Crippen LogP contribution in [0.5, 0.6) is 0 Å². The number of carbonyl (C=O) groups is 2. The van der Waals surface area contributed by atoms with E-state index in [1.165, 1.54) is 24.8 Å². The minimum Gasteiger partial charge on any atom is -0.343 e. The van der Waals surface area contributed by atoms with E-state index in [1.807, 2.05) is 109 Å². The van der Waals surface area contributed by atoms with Gasteiger partial charge in [-0.2, -0.15) is 30.4 Å². The van der Waals surface area contributed by atoms with Gasteiger partial charge in [-0.25, -0.2) is 72.9 Å². The topological polar surface area (TPSA) is 415 Å². The average molecular weight is 2180 g/mol. The van der Waals surface area contributed by atoms with Crippen molar-refractivity contribution in [2.45, 2.75) is 209 Å². The monoisotopic (exact) mass is 2180 g/mol. The van der Waals surface area contributed by atoms with Gasteiger partial charge < -0.3 is 51.5 Å². The Bertz CT molecular complexity index is 6880. The van der Waals surface area contributed by atoms with Crippen molar-refractivity contribution in [2.75, 3.05) is 155 Å². The van der Waals surface area contributed by atoms with Gasteiger partial charge in [-0.1, -0.05) is 79.3 Å². The van der Waals surface area contributed by atoms with E-state index < -0.39 is 20.0 Å². The van der Waals surface area contributed by atoms with Crippen LogP contribution in [0.25, 0.3) is 0 Å². The second kappa shape index (κ2) is 52.1. The summed E-state index contributed by atoms with van der Waals surface area (Å²) in [4.78, 5) is 70.2. The molecule has 8 aromatic heterocycles. The van der Waals surface area contributed by atoms with Crippen molar-refractivity contribution in [3.8, 4) is 0 Å².